The van der Waals surface area contributed by atoms with E-state index in [2.05, 4.69) is 44.0 Å². The van der Waals surface area contributed by atoms with Crippen LogP contribution < -0.4 is 29.6 Å². The van der Waals surface area contributed by atoms with Crippen molar-refractivity contribution in [1.29, 1.82) is 0 Å². The predicted molar refractivity (Wildman–Crippen MR) is 161 cm³/mol. The SMILES string of the molecule is CC(C)(C)C(=O)OCCS(=O)(=O)O[Si](C)(C)C.CC(C)(C)C(=O)OCCS(=O)(=O)[O-].C[Si](C)(C)O[Si](C)(C)C.[Na+]. The maximum Gasteiger partial charge on any atom is 1.00 e. The van der Waals surface area contributed by atoms with E-state index in [9.17, 15) is 31.0 Å². The summed E-state index contributed by atoms with van der Waals surface area (Å²) in [6.45, 7) is 28.3. The first-order valence-corrected chi connectivity index (χ1v) is 26.0. The molecule has 0 aliphatic carbocycles. The molecule has 0 saturated heterocycles. The number of hydrogen-bond acceptors (Lipinski definition) is 11. The molecule has 0 aromatic rings. The van der Waals surface area contributed by atoms with Gasteiger partial charge >= 0.3 is 41.5 Å². The summed E-state index contributed by atoms with van der Waals surface area (Å²) in [5, 5.41) is 0. The van der Waals surface area contributed by atoms with Crippen LogP contribution in [0.25, 0.3) is 0 Å². The molecule has 0 fully saturated rings. The summed E-state index contributed by atoms with van der Waals surface area (Å²) in [6, 6.07) is 0. The summed E-state index contributed by atoms with van der Waals surface area (Å²) in [7, 11) is -12.5. The normalized spacial score (nSPS) is 13.0. The Bertz CT molecular complexity index is 956. The smallest absolute Gasteiger partial charge is 0.748 e. The molecule has 0 aliphatic rings. The molecule has 0 unspecified atom stereocenters. The van der Waals surface area contributed by atoms with E-state index in [4.69, 9.17) is 12.7 Å². The van der Waals surface area contributed by atoms with Crippen LogP contribution in [0.4, 0.5) is 0 Å². The second-order valence-electron chi connectivity index (χ2n) is 13.8. The molecule has 0 saturated carbocycles. The van der Waals surface area contributed by atoms with Crippen molar-refractivity contribution < 1.29 is 78.0 Å². The van der Waals surface area contributed by atoms with Crippen LogP contribution in [0.1, 0.15) is 41.5 Å². The van der Waals surface area contributed by atoms with Crippen LogP contribution >= 0.6 is 0 Å². The van der Waals surface area contributed by atoms with E-state index in [0.717, 1.165) is 0 Å². The minimum atomic E-state index is -4.29. The van der Waals surface area contributed by atoms with E-state index in [1.54, 1.807) is 61.2 Å². The summed E-state index contributed by atoms with van der Waals surface area (Å²) in [5.74, 6) is -1.90. The van der Waals surface area contributed by atoms with Gasteiger partial charge in [-0.3, -0.25) is 9.59 Å². The van der Waals surface area contributed by atoms with Crippen LogP contribution in [-0.2, 0) is 47.3 Å². The molecule has 0 aromatic carbocycles. The van der Waals surface area contributed by atoms with Crippen molar-refractivity contribution in [1.82, 2.24) is 0 Å². The van der Waals surface area contributed by atoms with Crippen molar-refractivity contribution in [3.8, 4) is 0 Å². The Morgan fingerprint density at radius 1 is 0.625 bits per heavy atom. The molecule has 17 heteroatoms. The molecule has 0 amide bonds. The van der Waals surface area contributed by atoms with Gasteiger partial charge in [0.2, 0.25) is 8.32 Å². The van der Waals surface area contributed by atoms with E-state index < -0.39 is 73.7 Å². The molecule has 40 heavy (non-hydrogen) atoms. The van der Waals surface area contributed by atoms with Crippen molar-refractivity contribution in [2.24, 2.45) is 10.8 Å². The van der Waals surface area contributed by atoms with Crippen LogP contribution in [0, 0.1) is 10.8 Å². The molecule has 0 heterocycles. The zero-order chi connectivity index (χ0) is 32.3. The van der Waals surface area contributed by atoms with Crippen molar-refractivity contribution in [2.75, 3.05) is 24.7 Å². The topological polar surface area (TPSA) is 162 Å². The number of carbonyl (C=O) groups excluding carboxylic acids is 2. The van der Waals surface area contributed by atoms with Crippen LogP contribution in [0.15, 0.2) is 0 Å². The molecule has 0 bridgehead atoms. The average Bonchev–Trinajstić information content (AvgIpc) is 2.54. The van der Waals surface area contributed by atoms with E-state index in [1.165, 1.54) is 0 Å². The number of carbonyl (C=O) groups is 2. The number of hydrogen-bond donors (Lipinski definition) is 0. The largest absolute Gasteiger partial charge is 1.00 e. The number of esters is 2. The van der Waals surface area contributed by atoms with Gasteiger partial charge in [0.15, 0.2) is 16.6 Å². The Balaban J connectivity index is -0.000000252. The zero-order valence-corrected chi connectivity index (χ0v) is 34.3. The molecule has 0 rings (SSSR count). The number of rotatable bonds is 10. The fraction of sp³-hybridized carbons (Fsp3) is 0.913. The van der Waals surface area contributed by atoms with Gasteiger partial charge in [0.1, 0.15) is 19.0 Å². The molecular formula is C23H53NaO11S2Si3. The Morgan fingerprint density at radius 3 is 1.12 bits per heavy atom. The molecule has 0 N–H and O–H groups in total. The Morgan fingerprint density at radius 2 is 0.925 bits per heavy atom. The van der Waals surface area contributed by atoms with Crippen LogP contribution in [-0.4, -0.2) is 83.0 Å². The second-order valence-corrected chi connectivity index (χ2v) is 31.0. The molecule has 0 radical (unpaired) electrons. The first kappa shape index (κ1) is 47.3. The predicted octanol–water partition coefficient (Wildman–Crippen LogP) is 1.55. The molecule has 0 atom stereocenters. The first-order chi connectivity index (χ1) is 16.7. The molecule has 0 spiro atoms. The van der Waals surface area contributed by atoms with Gasteiger partial charge < -0.3 is 22.0 Å². The molecule has 0 aromatic heterocycles. The summed E-state index contributed by atoms with van der Waals surface area (Å²) in [6.07, 6.45) is 0. The zero-order valence-electron chi connectivity index (χ0n) is 27.6. The Hall–Kier alpha value is 0.371. The monoisotopic (exact) mass is 676 g/mol. The van der Waals surface area contributed by atoms with Crippen molar-refractivity contribution in [3.63, 3.8) is 0 Å². The Labute approximate surface area is 269 Å². The maximum absolute atomic E-state index is 11.5. The van der Waals surface area contributed by atoms with E-state index in [0.29, 0.717) is 0 Å². The second kappa shape index (κ2) is 18.2. The standard InChI is InChI=1S/C10H22O5SSi.C7H14O5S.C6H18OSi2.Na/c1-10(2,3)9(11)14-7-8-16(12,13)15-17(4,5)6;1-7(2,3)6(8)12-4-5-13(9,10)11;1-8(2,3)7-9(4,5)6;/h7-8H2,1-6H3;4-5H2,1-3H3,(H,9,10,11);1-6H3;/q;;;+1/p-1. The quantitative estimate of drug-likeness (QED) is 0.188. The van der Waals surface area contributed by atoms with Crippen molar-refractivity contribution in [2.45, 2.75) is 100 Å². The summed E-state index contributed by atoms with van der Waals surface area (Å²) in [5.41, 5.74) is -1.30. The fourth-order valence-electron chi connectivity index (χ4n) is 2.25. The molecular weight excluding hydrogens is 624 g/mol. The average molecular weight is 677 g/mol. The van der Waals surface area contributed by atoms with Gasteiger partial charge in [-0.25, -0.2) is 16.8 Å². The van der Waals surface area contributed by atoms with Gasteiger partial charge in [-0.1, -0.05) is 0 Å². The minimum Gasteiger partial charge on any atom is -0.748 e. The third kappa shape index (κ3) is 36.4. The van der Waals surface area contributed by atoms with Gasteiger partial charge in [0.05, 0.1) is 26.7 Å². The summed E-state index contributed by atoms with van der Waals surface area (Å²) < 4.78 is 73.7. The molecule has 236 valence electrons. The van der Waals surface area contributed by atoms with Gasteiger partial charge in [0, 0.05) is 0 Å². The van der Waals surface area contributed by atoms with E-state index in [1.807, 2.05) is 0 Å². The van der Waals surface area contributed by atoms with Crippen LogP contribution in [0.3, 0.4) is 0 Å². The first-order valence-electron chi connectivity index (χ1n) is 12.6. The third-order valence-corrected chi connectivity index (χ3v) is 12.6. The van der Waals surface area contributed by atoms with Crippen LogP contribution in [0.2, 0.25) is 58.9 Å². The van der Waals surface area contributed by atoms with Crippen molar-refractivity contribution >= 4 is 57.1 Å². The van der Waals surface area contributed by atoms with Crippen LogP contribution in [0.5, 0.6) is 0 Å². The van der Waals surface area contributed by atoms with Gasteiger partial charge in [-0.15, -0.1) is 0 Å². The maximum atomic E-state index is 11.5. The number of ether oxygens (including phenoxy) is 2. The molecule has 11 nitrogen and oxygen atoms in total. The molecule has 0 aliphatic heterocycles. The Kier molecular flexibility index (Phi) is 21.6. The van der Waals surface area contributed by atoms with Gasteiger partial charge in [-0.2, -0.15) is 0 Å². The minimum absolute atomic E-state index is 0. The summed E-state index contributed by atoms with van der Waals surface area (Å²) >= 11 is 0. The third-order valence-electron chi connectivity index (χ3n) is 3.35. The van der Waals surface area contributed by atoms with Gasteiger partial charge in [-0.05, 0) is 100 Å². The van der Waals surface area contributed by atoms with E-state index in [-0.39, 0.29) is 48.5 Å². The van der Waals surface area contributed by atoms with E-state index >= 15 is 0 Å². The van der Waals surface area contributed by atoms with Gasteiger partial charge in [0.25, 0.3) is 10.1 Å². The van der Waals surface area contributed by atoms with Crippen molar-refractivity contribution in [3.05, 3.63) is 0 Å². The fourth-order valence-corrected chi connectivity index (χ4v) is 13.6. The summed E-state index contributed by atoms with van der Waals surface area (Å²) in [4.78, 5) is 22.4.